The molecule has 0 bridgehead atoms. The van der Waals surface area contributed by atoms with Gasteiger partial charge in [0.05, 0.1) is 24.8 Å². The Hall–Kier alpha value is -3.20. The van der Waals surface area contributed by atoms with Crippen molar-refractivity contribution in [2.24, 2.45) is 0 Å². The van der Waals surface area contributed by atoms with E-state index in [-0.39, 0.29) is 11.4 Å². The summed E-state index contributed by atoms with van der Waals surface area (Å²) in [5.74, 6) is 0.827. The molecule has 4 rings (SSSR count). The normalized spacial score (nSPS) is 11.3. The number of aromatic nitrogens is 1. The van der Waals surface area contributed by atoms with E-state index in [0.29, 0.717) is 11.5 Å². The maximum Gasteiger partial charge on any atom is 0.241 e. The molecule has 8 heteroatoms. The minimum Gasteiger partial charge on any atom is -0.493 e. The molecule has 0 amide bonds. The molecule has 4 aromatic rings. The van der Waals surface area contributed by atoms with Gasteiger partial charge in [0.15, 0.2) is 11.5 Å². The average Bonchev–Trinajstić information content (AvgIpc) is 3.33. The van der Waals surface area contributed by atoms with Gasteiger partial charge in [-0.25, -0.2) is 18.1 Å². The van der Waals surface area contributed by atoms with Gasteiger partial charge in [-0.05, 0) is 23.8 Å². The first-order valence-corrected chi connectivity index (χ1v) is 12.2. The van der Waals surface area contributed by atoms with Crippen LogP contribution in [0.4, 0.5) is 0 Å². The summed E-state index contributed by atoms with van der Waals surface area (Å²) in [6, 6.07) is 22.2. The van der Waals surface area contributed by atoms with Crippen molar-refractivity contribution in [3.05, 3.63) is 83.7 Å². The maximum absolute atomic E-state index is 12.8. The molecule has 0 fully saturated rings. The first-order valence-electron chi connectivity index (χ1n) is 9.82. The van der Waals surface area contributed by atoms with Gasteiger partial charge in [0.2, 0.25) is 10.0 Å². The number of hydrogen-bond acceptors (Lipinski definition) is 6. The number of hydrogen-bond donors (Lipinski definition) is 1. The summed E-state index contributed by atoms with van der Waals surface area (Å²) in [6.07, 6.45) is 0. The summed E-state index contributed by atoms with van der Waals surface area (Å²) in [5, 5.41) is 2.91. The molecule has 0 radical (unpaired) electrons. The Kier molecular flexibility index (Phi) is 6.55. The molecule has 1 heterocycles. The lowest BCUT2D eigenvalue weighted by Gasteiger charge is -2.11. The van der Waals surface area contributed by atoms with Crippen molar-refractivity contribution >= 4 is 21.4 Å². The summed E-state index contributed by atoms with van der Waals surface area (Å²) in [5.41, 5.74) is 3.77. The first-order chi connectivity index (χ1) is 15.5. The molecule has 0 saturated heterocycles. The van der Waals surface area contributed by atoms with Crippen molar-refractivity contribution in [2.45, 2.75) is 11.4 Å². The van der Waals surface area contributed by atoms with Crippen molar-refractivity contribution in [3.8, 4) is 33.3 Å². The molecule has 3 aromatic carbocycles. The van der Waals surface area contributed by atoms with E-state index in [9.17, 15) is 8.42 Å². The fraction of sp³-hybridized carbons (Fsp3) is 0.125. The number of sulfonamides is 1. The van der Waals surface area contributed by atoms with E-state index in [1.54, 1.807) is 17.4 Å². The molecule has 6 nitrogen and oxygen atoms in total. The van der Waals surface area contributed by atoms with Crippen molar-refractivity contribution in [1.82, 2.24) is 9.71 Å². The highest BCUT2D eigenvalue weighted by Crippen LogP contribution is 2.30. The summed E-state index contributed by atoms with van der Waals surface area (Å²) in [6.45, 7) is 0.154. The van der Waals surface area contributed by atoms with E-state index in [4.69, 9.17) is 14.5 Å². The standard InChI is InChI=1S/C24H22N2O4S2/c1-29-22-12-11-20(14-23(22)30-2)32(27,28)25-15-17-7-6-10-19(13-17)24-26-21(16-31-24)18-8-4-3-5-9-18/h3-14,16,25H,15H2,1-2H3. The Balaban J connectivity index is 1.51. The van der Waals surface area contributed by atoms with Crippen LogP contribution in [0.1, 0.15) is 5.56 Å². The minimum atomic E-state index is -3.72. The highest BCUT2D eigenvalue weighted by atomic mass is 32.2. The SMILES string of the molecule is COc1ccc(S(=O)(=O)NCc2cccc(-c3nc(-c4ccccc4)cs3)c2)cc1OC. The molecule has 1 aromatic heterocycles. The van der Waals surface area contributed by atoms with Crippen LogP contribution < -0.4 is 14.2 Å². The van der Waals surface area contributed by atoms with Crippen LogP contribution in [0, 0.1) is 0 Å². The van der Waals surface area contributed by atoms with Crippen LogP contribution in [0.2, 0.25) is 0 Å². The molecule has 0 aliphatic heterocycles. The number of ether oxygens (including phenoxy) is 2. The predicted octanol–water partition coefficient (Wildman–Crippen LogP) is 4.97. The van der Waals surface area contributed by atoms with Crippen molar-refractivity contribution in [3.63, 3.8) is 0 Å². The van der Waals surface area contributed by atoms with E-state index < -0.39 is 10.0 Å². The van der Waals surface area contributed by atoms with Crippen LogP contribution in [0.15, 0.2) is 83.1 Å². The van der Waals surface area contributed by atoms with Gasteiger partial charge in [0.1, 0.15) is 5.01 Å². The van der Waals surface area contributed by atoms with Gasteiger partial charge >= 0.3 is 0 Å². The van der Waals surface area contributed by atoms with Crippen molar-refractivity contribution in [2.75, 3.05) is 14.2 Å². The van der Waals surface area contributed by atoms with E-state index >= 15 is 0 Å². The van der Waals surface area contributed by atoms with Crippen LogP contribution in [0.5, 0.6) is 11.5 Å². The second kappa shape index (κ2) is 9.52. The lowest BCUT2D eigenvalue weighted by molar-refractivity contribution is 0.354. The quantitative estimate of drug-likeness (QED) is 0.397. The van der Waals surface area contributed by atoms with Crippen LogP contribution in [0.3, 0.4) is 0 Å². The van der Waals surface area contributed by atoms with Gasteiger partial charge < -0.3 is 9.47 Å². The Morgan fingerprint density at radius 2 is 1.62 bits per heavy atom. The molecule has 0 aliphatic rings. The second-order valence-electron chi connectivity index (χ2n) is 6.95. The fourth-order valence-electron chi connectivity index (χ4n) is 3.21. The molecule has 0 aliphatic carbocycles. The number of nitrogens with one attached hydrogen (secondary N) is 1. The third-order valence-electron chi connectivity index (χ3n) is 4.88. The van der Waals surface area contributed by atoms with Crippen molar-refractivity contribution in [1.29, 1.82) is 0 Å². The average molecular weight is 467 g/mol. The largest absolute Gasteiger partial charge is 0.493 e. The van der Waals surface area contributed by atoms with E-state index in [0.717, 1.165) is 27.4 Å². The molecule has 0 atom stereocenters. The smallest absolute Gasteiger partial charge is 0.241 e. The Labute approximate surface area is 191 Å². The molecule has 1 N–H and O–H groups in total. The third kappa shape index (κ3) is 4.83. The zero-order chi connectivity index (χ0) is 22.6. The molecule has 164 valence electrons. The molecule has 0 spiro atoms. The first kappa shape index (κ1) is 22.0. The third-order valence-corrected chi connectivity index (χ3v) is 7.17. The van der Waals surface area contributed by atoms with Crippen LogP contribution in [0.25, 0.3) is 21.8 Å². The Morgan fingerprint density at radius 3 is 2.38 bits per heavy atom. The van der Waals surface area contributed by atoms with Gasteiger partial charge in [-0.3, -0.25) is 0 Å². The Morgan fingerprint density at radius 1 is 0.875 bits per heavy atom. The van der Waals surface area contributed by atoms with Crippen LogP contribution >= 0.6 is 11.3 Å². The van der Waals surface area contributed by atoms with E-state index in [1.165, 1.54) is 26.4 Å². The number of rotatable bonds is 8. The molecule has 0 unspecified atom stereocenters. The van der Waals surface area contributed by atoms with Crippen LogP contribution in [-0.4, -0.2) is 27.6 Å². The predicted molar refractivity (Wildman–Crippen MR) is 127 cm³/mol. The lowest BCUT2D eigenvalue weighted by Crippen LogP contribution is -2.23. The van der Waals surface area contributed by atoms with Crippen LogP contribution in [-0.2, 0) is 16.6 Å². The molecule has 32 heavy (non-hydrogen) atoms. The highest BCUT2D eigenvalue weighted by Gasteiger charge is 2.17. The van der Waals surface area contributed by atoms with E-state index in [1.807, 2.05) is 60.0 Å². The zero-order valence-electron chi connectivity index (χ0n) is 17.6. The number of methoxy groups -OCH3 is 2. The molecular weight excluding hydrogens is 444 g/mol. The second-order valence-corrected chi connectivity index (χ2v) is 9.57. The number of nitrogens with zero attached hydrogens (tertiary/aromatic N) is 1. The van der Waals surface area contributed by atoms with Gasteiger partial charge in [-0.2, -0.15) is 0 Å². The fourth-order valence-corrected chi connectivity index (χ4v) is 5.07. The lowest BCUT2D eigenvalue weighted by atomic mass is 10.1. The summed E-state index contributed by atoms with van der Waals surface area (Å²) in [4.78, 5) is 4.85. The Bertz CT molecular complexity index is 1320. The maximum atomic E-state index is 12.8. The number of benzene rings is 3. The molecule has 0 saturated carbocycles. The summed E-state index contributed by atoms with van der Waals surface area (Å²) >= 11 is 1.56. The van der Waals surface area contributed by atoms with Gasteiger partial charge in [-0.1, -0.05) is 48.5 Å². The summed E-state index contributed by atoms with van der Waals surface area (Å²) < 4.78 is 38.6. The minimum absolute atomic E-state index is 0.110. The van der Waals surface area contributed by atoms with Gasteiger partial charge in [0.25, 0.3) is 0 Å². The topological polar surface area (TPSA) is 77.5 Å². The summed E-state index contributed by atoms with van der Waals surface area (Å²) in [7, 11) is -0.754. The monoisotopic (exact) mass is 466 g/mol. The highest BCUT2D eigenvalue weighted by molar-refractivity contribution is 7.89. The zero-order valence-corrected chi connectivity index (χ0v) is 19.2. The molecular formula is C24H22N2O4S2. The number of thiazole rings is 1. The van der Waals surface area contributed by atoms with Gasteiger partial charge in [0, 0.05) is 29.1 Å². The van der Waals surface area contributed by atoms with Crippen molar-refractivity contribution < 1.29 is 17.9 Å². The van der Waals surface area contributed by atoms with E-state index in [2.05, 4.69) is 4.72 Å². The van der Waals surface area contributed by atoms with Gasteiger partial charge in [-0.15, -0.1) is 11.3 Å².